The summed E-state index contributed by atoms with van der Waals surface area (Å²) in [7, 11) is 0. The van der Waals surface area contributed by atoms with Gasteiger partial charge in [0.2, 0.25) is 6.79 Å². The van der Waals surface area contributed by atoms with Gasteiger partial charge < -0.3 is 19.3 Å². The number of ether oxygens (including phenoxy) is 3. The molecule has 0 radical (unpaired) electrons. The Labute approximate surface area is 115 Å². The van der Waals surface area contributed by atoms with Crippen LogP contribution in [0.2, 0.25) is 0 Å². The molecule has 4 nitrogen and oxygen atoms in total. The van der Waals surface area contributed by atoms with E-state index in [0.29, 0.717) is 28.4 Å². The van der Waals surface area contributed by atoms with Gasteiger partial charge in [0.25, 0.3) is 0 Å². The molecule has 1 heterocycles. The molecule has 0 saturated heterocycles. The van der Waals surface area contributed by atoms with Crippen LogP contribution in [0.1, 0.15) is 11.1 Å². The molecule has 1 N–H and O–H groups in total. The van der Waals surface area contributed by atoms with Gasteiger partial charge in [-0.05, 0) is 12.1 Å². The molecule has 20 heavy (non-hydrogen) atoms. The Balaban J connectivity index is 1.82. The van der Waals surface area contributed by atoms with E-state index in [9.17, 15) is 9.50 Å². The van der Waals surface area contributed by atoms with Crippen molar-refractivity contribution in [3.63, 3.8) is 0 Å². The monoisotopic (exact) mass is 276 g/mol. The number of halogens is 1. The normalized spacial score (nSPS) is 12.5. The Morgan fingerprint density at radius 1 is 1.10 bits per heavy atom. The van der Waals surface area contributed by atoms with Gasteiger partial charge in [0.1, 0.15) is 18.2 Å². The molecule has 5 heteroatoms. The molecule has 0 fully saturated rings. The number of aliphatic hydroxyl groups excluding tert-OH is 1. The summed E-state index contributed by atoms with van der Waals surface area (Å²) in [4.78, 5) is 0. The van der Waals surface area contributed by atoms with Crippen molar-refractivity contribution in [2.24, 2.45) is 0 Å². The molecule has 0 spiro atoms. The minimum atomic E-state index is -0.321. The van der Waals surface area contributed by atoms with Crippen molar-refractivity contribution < 1.29 is 23.7 Å². The third kappa shape index (κ3) is 2.40. The van der Waals surface area contributed by atoms with Crippen LogP contribution in [0.4, 0.5) is 4.39 Å². The maximum atomic E-state index is 13.5. The summed E-state index contributed by atoms with van der Waals surface area (Å²) in [6, 6.07) is 9.72. The smallest absolute Gasteiger partial charge is 0.231 e. The molecule has 1 aliphatic rings. The maximum absolute atomic E-state index is 13.5. The van der Waals surface area contributed by atoms with Gasteiger partial charge in [-0.3, -0.25) is 0 Å². The minimum absolute atomic E-state index is 0.0827. The summed E-state index contributed by atoms with van der Waals surface area (Å²) >= 11 is 0. The van der Waals surface area contributed by atoms with E-state index in [1.165, 1.54) is 6.07 Å². The second-order valence-corrected chi connectivity index (χ2v) is 4.35. The largest absolute Gasteiger partial charge is 0.488 e. The number of hydrogen-bond donors (Lipinski definition) is 1. The first-order valence-electron chi connectivity index (χ1n) is 6.17. The standard InChI is InChI=1S/C15H13FO4/c16-12-4-2-1-3-10(12)8-18-13-6-15-14(19-9-20-15)5-11(13)7-17/h1-6,17H,7-9H2. The Kier molecular flexibility index (Phi) is 3.43. The second-order valence-electron chi connectivity index (χ2n) is 4.35. The number of aliphatic hydroxyl groups is 1. The van der Waals surface area contributed by atoms with E-state index >= 15 is 0 Å². The third-order valence-corrected chi connectivity index (χ3v) is 3.07. The summed E-state index contributed by atoms with van der Waals surface area (Å²) in [5, 5.41) is 9.35. The van der Waals surface area contributed by atoms with Crippen LogP contribution in [0, 0.1) is 5.82 Å². The van der Waals surface area contributed by atoms with Crippen molar-refractivity contribution in [2.45, 2.75) is 13.2 Å². The maximum Gasteiger partial charge on any atom is 0.231 e. The van der Waals surface area contributed by atoms with Gasteiger partial charge in [-0.25, -0.2) is 4.39 Å². The van der Waals surface area contributed by atoms with Crippen molar-refractivity contribution in [1.82, 2.24) is 0 Å². The van der Waals surface area contributed by atoms with Crippen LogP contribution in [0.25, 0.3) is 0 Å². The number of benzene rings is 2. The van der Waals surface area contributed by atoms with Gasteiger partial charge in [0.05, 0.1) is 6.61 Å². The highest BCUT2D eigenvalue weighted by Crippen LogP contribution is 2.38. The zero-order chi connectivity index (χ0) is 13.9. The van der Waals surface area contributed by atoms with Crippen LogP contribution in [-0.4, -0.2) is 11.9 Å². The first-order chi connectivity index (χ1) is 9.78. The van der Waals surface area contributed by atoms with Gasteiger partial charge in [-0.2, -0.15) is 0 Å². The van der Waals surface area contributed by atoms with Crippen LogP contribution in [-0.2, 0) is 13.2 Å². The number of hydrogen-bond acceptors (Lipinski definition) is 4. The van der Waals surface area contributed by atoms with Crippen molar-refractivity contribution >= 4 is 0 Å². The predicted octanol–water partition coefficient (Wildman–Crippen LogP) is 2.63. The molecule has 3 rings (SSSR count). The lowest BCUT2D eigenvalue weighted by atomic mass is 10.2. The van der Waals surface area contributed by atoms with Gasteiger partial charge in [-0.15, -0.1) is 0 Å². The van der Waals surface area contributed by atoms with E-state index in [2.05, 4.69) is 0 Å². The average Bonchev–Trinajstić information content (AvgIpc) is 2.92. The van der Waals surface area contributed by atoms with Crippen LogP contribution in [0.15, 0.2) is 36.4 Å². The molecule has 0 atom stereocenters. The fourth-order valence-electron chi connectivity index (χ4n) is 1.99. The highest BCUT2D eigenvalue weighted by atomic mass is 19.1. The summed E-state index contributed by atoms with van der Waals surface area (Å²) in [6.45, 7) is 0.0412. The third-order valence-electron chi connectivity index (χ3n) is 3.07. The minimum Gasteiger partial charge on any atom is -0.488 e. The fourth-order valence-corrected chi connectivity index (χ4v) is 1.99. The lowest BCUT2D eigenvalue weighted by Crippen LogP contribution is -2.01. The van der Waals surface area contributed by atoms with Crippen molar-refractivity contribution in [3.05, 3.63) is 53.3 Å². The molecule has 2 aromatic carbocycles. The van der Waals surface area contributed by atoms with Crippen molar-refractivity contribution in [2.75, 3.05) is 6.79 Å². The molecule has 0 bridgehead atoms. The molecular formula is C15H13FO4. The highest BCUT2D eigenvalue weighted by molar-refractivity contribution is 5.51. The average molecular weight is 276 g/mol. The van der Waals surface area contributed by atoms with Gasteiger partial charge in [-0.1, -0.05) is 18.2 Å². The zero-order valence-corrected chi connectivity index (χ0v) is 10.6. The molecule has 2 aromatic rings. The van der Waals surface area contributed by atoms with E-state index in [1.54, 1.807) is 30.3 Å². The lowest BCUT2D eigenvalue weighted by molar-refractivity contribution is 0.173. The van der Waals surface area contributed by atoms with E-state index in [1.807, 2.05) is 0 Å². The van der Waals surface area contributed by atoms with Crippen LogP contribution in [0.5, 0.6) is 17.2 Å². The Morgan fingerprint density at radius 3 is 2.60 bits per heavy atom. The Hall–Kier alpha value is -2.27. The summed E-state index contributed by atoms with van der Waals surface area (Å²) in [6.07, 6.45) is 0. The first kappa shape index (κ1) is 12.7. The lowest BCUT2D eigenvalue weighted by Gasteiger charge is -2.11. The second kappa shape index (κ2) is 5.38. The molecule has 104 valence electrons. The zero-order valence-electron chi connectivity index (χ0n) is 10.6. The Morgan fingerprint density at radius 2 is 1.85 bits per heavy atom. The quantitative estimate of drug-likeness (QED) is 0.932. The first-order valence-corrected chi connectivity index (χ1v) is 6.17. The highest BCUT2D eigenvalue weighted by Gasteiger charge is 2.18. The van der Waals surface area contributed by atoms with Crippen molar-refractivity contribution in [3.8, 4) is 17.2 Å². The Bertz CT molecular complexity index is 627. The summed E-state index contributed by atoms with van der Waals surface area (Å²) in [5.74, 6) is 1.27. The molecule has 0 saturated carbocycles. The van der Waals surface area contributed by atoms with E-state index < -0.39 is 0 Å². The topological polar surface area (TPSA) is 47.9 Å². The van der Waals surface area contributed by atoms with Crippen LogP contribution >= 0.6 is 0 Å². The fraction of sp³-hybridized carbons (Fsp3) is 0.200. The molecule has 1 aliphatic heterocycles. The van der Waals surface area contributed by atoms with E-state index in [0.717, 1.165) is 0 Å². The van der Waals surface area contributed by atoms with Crippen LogP contribution < -0.4 is 14.2 Å². The predicted molar refractivity (Wildman–Crippen MR) is 69.2 cm³/mol. The van der Waals surface area contributed by atoms with Gasteiger partial charge in [0, 0.05) is 17.2 Å². The molecule has 0 unspecified atom stereocenters. The summed E-state index contributed by atoms with van der Waals surface area (Å²) in [5.41, 5.74) is 1.03. The van der Waals surface area contributed by atoms with E-state index in [-0.39, 0.29) is 25.8 Å². The van der Waals surface area contributed by atoms with Crippen molar-refractivity contribution in [1.29, 1.82) is 0 Å². The van der Waals surface area contributed by atoms with Gasteiger partial charge in [0.15, 0.2) is 11.5 Å². The number of rotatable bonds is 4. The summed E-state index contributed by atoms with van der Waals surface area (Å²) < 4.78 is 29.6. The number of fused-ring (bicyclic) bond motifs is 1. The van der Waals surface area contributed by atoms with Crippen LogP contribution in [0.3, 0.4) is 0 Å². The molecule has 0 amide bonds. The van der Waals surface area contributed by atoms with E-state index in [4.69, 9.17) is 14.2 Å². The SMILES string of the molecule is OCc1cc2c(cc1OCc1ccccc1F)OCO2. The molecular weight excluding hydrogens is 263 g/mol. The molecule has 0 aliphatic carbocycles. The van der Waals surface area contributed by atoms with Gasteiger partial charge >= 0.3 is 0 Å². The molecule has 0 aromatic heterocycles.